The Morgan fingerprint density at radius 3 is 2.50 bits per heavy atom. The minimum absolute atomic E-state index is 0.257. The molecule has 1 amide bonds. The van der Waals surface area contributed by atoms with Crippen molar-refractivity contribution in [1.29, 1.82) is 0 Å². The molecule has 8 heteroatoms. The van der Waals surface area contributed by atoms with Crippen LogP contribution >= 0.6 is 0 Å². The number of rotatable bonds is 5. The number of carbonyl (C=O) groups excluding carboxylic acids is 2. The van der Waals surface area contributed by atoms with Gasteiger partial charge in [-0.05, 0) is 38.1 Å². The summed E-state index contributed by atoms with van der Waals surface area (Å²) >= 11 is 0. The van der Waals surface area contributed by atoms with E-state index in [1.165, 1.54) is 0 Å². The number of carbonyl (C=O) groups is 2. The summed E-state index contributed by atoms with van der Waals surface area (Å²) < 4.78 is 15.3. The van der Waals surface area contributed by atoms with E-state index in [1.807, 2.05) is 24.3 Å². The van der Waals surface area contributed by atoms with E-state index in [0.717, 1.165) is 32.0 Å². The molecule has 0 bridgehead atoms. The normalized spacial score (nSPS) is 14.2. The van der Waals surface area contributed by atoms with Crippen LogP contribution in [0, 0.1) is 13.8 Å². The number of aryl methyl sites for hydroxylation is 2. The molecule has 0 aliphatic carbocycles. The number of benzene rings is 1. The number of nitrogens with one attached hydrogen (secondary N) is 1. The molecule has 1 saturated heterocycles. The summed E-state index contributed by atoms with van der Waals surface area (Å²) in [5, 5.41) is 6.39. The lowest BCUT2D eigenvalue weighted by atomic mass is 10.2. The fourth-order valence-electron chi connectivity index (χ4n) is 2.75. The maximum Gasteiger partial charge on any atom is 0.344 e. The summed E-state index contributed by atoms with van der Waals surface area (Å²) in [6, 6.07) is 7.52. The second-order valence-corrected chi connectivity index (χ2v) is 5.97. The highest BCUT2D eigenvalue weighted by Crippen LogP contribution is 2.19. The van der Waals surface area contributed by atoms with Gasteiger partial charge in [0.1, 0.15) is 11.3 Å². The zero-order chi connectivity index (χ0) is 18.5. The first-order valence-corrected chi connectivity index (χ1v) is 8.37. The van der Waals surface area contributed by atoms with E-state index in [1.54, 1.807) is 13.8 Å². The zero-order valence-electron chi connectivity index (χ0n) is 14.8. The first-order chi connectivity index (χ1) is 12.5. The molecule has 0 unspecified atom stereocenters. The first-order valence-electron chi connectivity index (χ1n) is 8.37. The van der Waals surface area contributed by atoms with Crippen LogP contribution in [0.15, 0.2) is 28.8 Å². The topological polar surface area (TPSA) is 93.9 Å². The van der Waals surface area contributed by atoms with Gasteiger partial charge in [-0.25, -0.2) is 4.79 Å². The Bertz CT molecular complexity index is 759. The number of morpholine rings is 1. The number of hydrogen-bond donors (Lipinski definition) is 1. The molecule has 1 aliphatic heterocycles. The van der Waals surface area contributed by atoms with Crippen molar-refractivity contribution >= 4 is 23.3 Å². The van der Waals surface area contributed by atoms with Gasteiger partial charge < -0.3 is 24.2 Å². The fourth-order valence-corrected chi connectivity index (χ4v) is 2.75. The summed E-state index contributed by atoms with van der Waals surface area (Å²) in [5.74, 6) is -0.671. The number of anilines is 2. The molecular weight excluding hydrogens is 338 g/mol. The summed E-state index contributed by atoms with van der Waals surface area (Å²) in [7, 11) is 0. The van der Waals surface area contributed by atoms with E-state index in [2.05, 4.69) is 15.4 Å². The maximum atomic E-state index is 12.0. The van der Waals surface area contributed by atoms with Gasteiger partial charge in [0.2, 0.25) is 0 Å². The Hall–Kier alpha value is -2.87. The van der Waals surface area contributed by atoms with Crippen molar-refractivity contribution in [2.75, 3.05) is 43.1 Å². The molecule has 0 spiro atoms. The standard InChI is InChI=1S/C18H21N3O5/c1-12-17(13(2)26-20-12)18(23)25-11-16(22)19-14-3-5-15(6-4-14)21-7-9-24-10-8-21/h3-6H,7-11H2,1-2H3,(H,19,22). The largest absolute Gasteiger partial charge is 0.452 e. The van der Waals surface area contributed by atoms with Gasteiger partial charge in [-0.15, -0.1) is 0 Å². The molecule has 1 N–H and O–H groups in total. The van der Waals surface area contributed by atoms with Crippen molar-refractivity contribution in [2.24, 2.45) is 0 Å². The fraction of sp³-hybridized carbons (Fsp3) is 0.389. The van der Waals surface area contributed by atoms with Crippen molar-refractivity contribution < 1.29 is 23.6 Å². The van der Waals surface area contributed by atoms with Gasteiger partial charge in [-0.1, -0.05) is 5.16 Å². The Kier molecular flexibility index (Phi) is 5.52. The van der Waals surface area contributed by atoms with Gasteiger partial charge in [0.05, 0.1) is 18.9 Å². The van der Waals surface area contributed by atoms with E-state index in [0.29, 0.717) is 17.1 Å². The molecule has 1 aromatic carbocycles. The Morgan fingerprint density at radius 2 is 1.88 bits per heavy atom. The molecule has 2 aromatic rings. The van der Waals surface area contributed by atoms with Gasteiger partial charge in [-0.2, -0.15) is 0 Å². The second kappa shape index (κ2) is 8.01. The quantitative estimate of drug-likeness (QED) is 0.815. The van der Waals surface area contributed by atoms with Crippen LogP contribution in [0.2, 0.25) is 0 Å². The van der Waals surface area contributed by atoms with Crippen molar-refractivity contribution in [3.8, 4) is 0 Å². The van der Waals surface area contributed by atoms with Crippen LogP contribution in [0.1, 0.15) is 21.8 Å². The van der Waals surface area contributed by atoms with Crippen molar-refractivity contribution in [1.82, 2.24) is 5.16 Å². The van der Waals surface area contributed by atoms with E-state index in [-0.39, 0.29) is 12.2 Å². The molecule has 3 rings (SSSR count). The molecule has 138 valence electrons. The molecule has 1 aliphatic rings. The van der Waals surface area contributed by atoms with Crippen molar-refractivity contribution in [3.05, 3.63) is 41.3 Å². The van der Waals surface area contributed by atoms with Crippen LogP contribution in [0.5, 0.6) is 0 Å². The Morgan fingerprint density at radius 1 is 1.19 bits per heavy atom. The van der Waals surface area contributed by atoms with E-state index < -0.39 is 11.9 Å². The Balaban J connectivity index is 1.51. The van der Waals surface area contributed by atoms with Gasteiger partial charge in [0.25, 0.3) is 5.91 Å². The first kappa shape index (κ1) is 17.9. The van der Waals surface area contributed by atoms with Crippen LogP contribution in [-0.4, -0.2) is 49.9 Å². The highest BCUT2D eigenvalue weighted by Gasteiger charge is 2.20. The molecule has 26 heavy (non-hydrogen) atoms. The van der Waals surface area contributed by atoms with Crippen LogP contribution in [0.3, 0.4) is 0 Å². The summed E-state index contributed by atoms with van der Waals surface area (Å²) in [6.45, 7) is 6.01. The third kappa shape index (κ3) is 4.20. The lowest BCUT2D eigenvalue weighted by molar-refractivity contribution is -0.119. The molecule has 1 aromatic heterocycles. The molecule has 0 radical (unpaired) electrons. The highest BCUT2D eigenvalue weighted by molar-refractivity contribution is 5.96. The van der Waals surface area contributed by atoms with E-state index >= 15 is 0 Å². The average molecular weight is 359 g/mol. The summed E-state index contributed by atoms with van der Waals surface area (Å²) in [4.78, 5) is 26.2. The highest BCUT2D eigenvalue weighted by atomic mass is 16.5. The van der Waals surface area contributed by atoms with Crippen LogP contribution in [-0.2, 0) is 14.3 Å². The number of amides is 1. The van der Waals surface area contributed by atoms with Crippen LogP contribution < -0.4 is 10.2 Å². The lowest BCUT2D eigenvalue weighted by Gasteiger charge is -2.28. The zero-order valence-corrected chi connectivity index (χ0v) is 14.8. The van der Waals surface area contributed by atoms with Gasteiger partial charge >= 0.3 is 5.97 Å². The molecule has 0 atom stereocenters. The molecule has 8 nitrogen and oxygen atoms in total. The molecule has 1 fully saturated rings. The molecular formula is C18H21N3O5. The summed E-state index contributed by atoms with van der Waals surface area (Å²) in [6.07, 6.45) is 0. The lowest BCUT2D eigenvalue weighted by Crippen LogP contribution is -2.36. The monoisotopic (exact) mass is 359 g/mol. The minimum Gasteiger partial charge on any atom is -0.452 e. The third-order valence-corrected chi connectivity index (χ3v) is 4.10. The third-order valence-electron chi connectivity index (χ3n) is 4.10. The predicted molar refractivity (Wildman–Crippen MR) is 94.4 cm³/mol. The van der Waals surface area contributed by atoms with Crippen LogP contribution in [0.4, 0.5) is 11.4 Å². The number of nitrogens with zero attached hydrogens (tertiary/aromatic N) is 2. The predicted octanol–water partition coefficient (Wildman–Crippen LogP) is 1.92. The Labute approximate surface area is 151 Å². The smallest absolute Gasteiger partial charge is 0.344 e. The minimum atomic E-state index is -0.626. The van der Waals surface area contributed by atoms with Crippen molar-refractivity contribution in [3.63, 3.8) is 0 Å². The van der Waals surface area contributed by atoms with Crippen LogP contribution in [0.25, 0.3) is 0 Å². The van der Waals surface area contributed by atoms with E-state index in [9.17, 15) is 9.59 Å². The summed E-state index contributed by atoms with van der Waals surface area (Å²) in [5.41, 5.74) is 2.41. The average Bonchev–Trinajstić information content (AvgIpc) is 2.99. The number of hydrogen-bond acceptors (Lipinski definition) is 7. The number of ether oxygens (including phenoxy) is 2. The SMILES string of the molecule is Cc1noc(C)c1C(=O)OCC(=O)Nc1ccc(N2CCOCC2)cc1. The van der Waals surface area contributed by atoms with E-state index in [4.69, 9.17) is 14.0 Å². The van der Waals surface area contributed by atoms with Crippen molar-refractivity contribution in [2.45, 2.75) is 13.8 Å². The second-order valence-electron chi connectivity index (χ2n) is 5.97. The molecule has 2 heterocycles. The van der Waals surface area contributed by atoms with Gasteiger partial charge in [0, 0.05) is 24.5 Å². The number of esters is 1. The number of aromatic nitrogens is 1. The molecule has 0 saturated carbocycles. The maximum absolute atomic E-state index is 12.0. The van der Waals surface area contributed by atoms with Gasteiger partial charge in [-0.3, -0.25) is 4.79 Å². The van der Waals surface area contributed by atoms with Gasteiger partial charge in [0.15, 0.2) is 6.61 Å².